The van der Waals surface area contributed by atoms with E-state index in [9.17, 15) is 5.11 Å². The van der Waals surface area contributed by atoms with E-state index in [-0.39, 0.29) is 5.75 Å². The van der Waals surface area contributed by atoms with E-state index in [2.05, 4.69) is 10.3 Å². The number of aromatic nitrogens is 2. The summed E-state index contributed by atoms with van der Waals surface area (Å²) >= 11 is 0. The number of hydrogen-bond donors (Lipinski definition) is 2. The van der Waals surface area contributed by atoms with Gasteiger partial charge in [0.05, 0.1) is 18.2 Å². The zero-order valence-electron chi connectivity index (χ0n) is 13.1. The third-order valence-electron chi connectivity index (χ3n) is 3.82. The minimum absolute atomic E-state index is 0.194. The normalized spacial score (nSPS) is 11.4. The van der Waals surface area contributed by atoms with Crippen molar-refractivity contribution >= 4 is 6.21 Å². The highest BCUT2D eigenvalue weighted by molar-refractivity contribution is 5.96. The van der Waals surface area contributed by atoms with Gasteiger partial charge >= 0.3 is 0 Å². The first-order valence-corrected chi connectivity index (χ1v) is 7.11. The van der Waals surface area contributed by atoms with Crippen molar-refractivity contribution in [3.63, 3.8) is 0 Å². The van der Waals surface area contributed by atoms with Crippen molar-refractivity contribution in [2.75, 3.05) is 0 Å². The van der Waals surface area contributed by atoms with Crippen molar-refractivity contribution in [1.82, 2.24) is 9.78 Å². The number of rotatable bonds is 3. The minimum Gasteiger partial charge on any atom is -0.508 e. The SMILES string of the molecule is Cc1coc(C)c1-c1c(-c2ccc(O)cc2)nn(C)c1/C=N\O. The van der Waals surface area contributed by atoms with Crippen LogP contribution in [0.2, 0.25) is 0 Å². The Kier molecular flexibility index (Phi) is 3.65. The van der Waals surface area contributed by atoms with E-state index in [0.29, 0.717) is 5.69 Å². The lowest BCUT2D eigenvalue weighted by Gasteiger charge is -2.05. The minimum atomic E-state index is 0.194. The molecule has 0 spiro atoms. The molecule has 0 amide bonds. The topological polar surface area (TPSA) is 83.8 Å². The zero-order valence-corrected chi connectivity index (χ0v) is 13.1. The maximum absolute atomic E-state index is 9.49. The van der Waals surface area contributed by atoms with Gasteiger partial charge in [-0.3, -0.25) is 4.68 Å². The van der Waals surface area contributed by atoms with Gasteiger partial charge in [-0.05, 0) is 43.7 Å². The zero-order chi connectivity index (χ0) is 16.6. The number of benzene rings is 1. The molecule has 0 aliphatic rings. The number of oxime groups is 1. The molecule has 0 saturated carbocycles. The van der Waals surface area contributed by atoms with Gasteiger partial charge in [0.25, 0.3) is 0 Å². The van der Waals surface area contributed by atoms with Gasteiger partial charge in [-0.1, -0.05) is 5.16 Å². The molecular weight excluding hydrogens is 294 g/mol. The predicted octanol–water partition coefficient (Wildman–Crippen LogP) is 3.48. The molecule has 2 aromatic heterocycles. The van der Waals surface area contributed by atoms with Crippen LogP contribution in [0.15, 0.2) is 40.1 Å². The molecule has 0 radical (unpaired) electrons. The summed E-state index contributed by atoms with van der Waals surface area (Å²) in [5.41, 5.74) is 4.99. The lowest BCUT2D eigenvalue weighted by molar-refractivity contribution is 0.321. The van der Waals surface area contributed by atoms with Crippen molar-refractivity contribution in [3.05, 3.63) is 47.5 Å². The van der Waals surface area contributed by atoms with Crippen LogP contribution in [0.25, 0.3) is 22.4 Å². The third kappa shape index (κ3) is 2.48. The second-order valence-corrected chi connectivity index (χ2v) is 5.37. The Bertz CT molecular complexity index is 854. The Hall–Kier alpha value is -3.02. The first-order valence-electron chi connectivity index (χ1n) is 7.11. The lowest BCUT2D eigenvalue weighted by Crippen LogP contribution is -1.98. The van der Waals surface area contributed by atoms with E-state index in [1.165, 1.54) is 6.21 Å². The molecule has 0 saturated heterocycles. The van der Waals surface area contributed by atoms with Crippen molar-refractivity contribution in [2.45, 2.75) is 13.8 Å². The molecule has 1 aromatic carbocycles. The molecule has 6 nitrogen and oxygen atoms in total. The molecule has 0 atom stereocenters. The highest BCUT2D eigenvalue weighted by Gasteiger charge is 2.23. The van der Waals surface area contributed by atoms with Gasteiger partial charge in [-0.2, -0.15) is 5.10 Å². The molecular formula is C17H17N3O3. The Morgan fingerprint density at radius 3 is 2.43 bits per heavy atom. The number of furan rings is 1. The van der Waals surface area contributed by atoms with E-state index >= 15 is 0 Å². The molecule has 3 aromatic rings. The third-order valence-corrected chi connectivity index (χ3v) is 3.82. The molecule has 0 bridgehead atoms. The summed E-state index contributed by atoms with van der Waals surface area (Å²) in [6, 6.07) is 6.82. The molecule has 0 aliphatic heterocycles. The quantitative estimate of drug-likeness (QED) is 0.440. The summed E-state index contributed by atoms with van der Waals surface area (Å²) in [5.74, 6) is 0.960. The lowest BCUT2D eigenvalue weighted by atomic mass is 9.97. The highest BCUT2D eigenvalue weighted by atomic mass is 16.4. The summed E-state index contributed by atoms with van der Waals surface area (Å²) < 4.78 is 7.17. The van der Waals surface area contributed by atoms with E-state index in [1.807, 2.05) is 13.8 Å². The van der Waals surface area contributed by atoms with E-state index < -0.39 is 0 Å². The molecule has 2 heterocycles. The number of phenols is 1. The molecule has 6 heteroatoms. The number of hydrogen-bond acceptors (Lipinski definition) is 5. The number of aryl methyl sites for hydroxylation is 3. The molecule has 2 N–H and O–H groups in total. The number of aromatic hydroxyl groups is 1. The van der Waals surface area contributed by atoms with Gasteiger partial charge < -0.3 is 14.7 Å². The van der Waals surface area contributed by atoms with Crippen LogP contribution < -0.4 is 0 Å². The molecule has 0 unspecified atom stereocenters. The maximum Gasteiger partial charge on any atom is 0.115 e. The fourth-order valence-electron chi connectivity index (χ4n) is 2.75. The first-order chi connectivity index (χ1) is 11.0. The number of nitrogens with zero attached hydrogens (tertiary/aromatic N) is 3. The summed E-state index contributed by atoms with van der Waals surface area (Å²) in [7, 11) is 1.79. The van der Waals surface area contributed by atoms with Gasteiger partial charge in [0.1, 0.15) is 17.2 Å². The molecule has 3 rings (SSSR count). The summed E-state index contributed by atoms with van der Waals surface area (Å²) in [6.07, 6.45) is 3.05. The van der Waals surface area contributed by atoms with E-state index in [4.69, 9.17) is 9.62 Å². The second-order valence-electron chi connectivity index (χ2n) is 5.37. The van der Waals surface area contributed by atoms with E-state index in [0.717, 1.165) is 33.7 Å². The van der Waals surface area contributed by atoms with Crippen molar-refractivity contribution in [3.8, 4) is 28.1 Å². The van der Waals surface area contributed by atoms with Crippen LogP contribution in [-0.4, -0.2) is 26.3 Å². The van der Waals surface area contributed by atoms with Crippen molar-refractivity contribution in [1.29, 1.82) is 0 Å². The van der Waals surface area contributed by atoms with Gasteiger partial charge in [-0.25, -0.2) is 0 Å². The second kappa shape index (κ2) is 5.64. The Labute approximate surface area is 133 Å². The molecule has 0 fully saturated rings. The standard InChI is InChI=1S/C17H17N3O3/c1-10-9-23-11(2)15(10)16-14(8-18-22)20(3)19-17(16)12-4-6-13(21)7-5-12/h4-9,21-22H,1-3H3/b18-8-. The number of phenolic OH excluding ortho intramolecular Hbond substituents is 1. The van der Waals surface area contributed by atoms with E-state index in [1.54, 1.807) is 42.3 Å². The molecule has 23 heavy (non-hydrogen) atoms. The predicted molar refractivity (Wildman–Crippen MR) is 86.9 cm³/mol. The van der Waals surface area contributed by atoms with Crippen LogP contribution in [0.5, 0.6) is 5.75 Å². The summed E-state index contributed by atoms with van der Waals surface area (Å²) in [4.78, 5) is 0. The average molecular weight is 311 g/mol. The fourth-order valence-corrected chi connectivity index (χ4v) is 2.75. The van der Waals surface area contributed by atoms with Crippen molar-refractivity contribution < 1.29 is 14.7 Å². The van der Waals surface area contributed by atoms with Crippen LogP contribution in [0, 0.1) is 13.8 Å². The average Bonchev–Trinajstić information content (AvgIpc) is 3.01. The maximum atomic E-state index is 9.49. The Morgan fingerprint density at radius 2 is 1.87 bits per heavy atom. The Morgan fingerprint density at radius 1 is 1.17 bits per heavy atom. The van der Waals surface area contributed by atoms with Crippen LogP contribution in [0.1, 0.15) is 17.0 Å². The summed E-state index contributed by atoms with van der Waals surface area (Å²) in [5, 5.41) is 26.2. The van der Waals surface area contributed by atoms with Crippen molar-refractivity contribution in [2.24, 2.45) is 12.2 Å². The van der Waals surface area contributed by atoms with Gasteiger partial charge in [0.15, 0.2) is 0 Å². The summed E-state index contributed by atoms with van der Waals surface area (Å²) in [6.45, 7) is 3.84. The van der Waals surface area contributed by atoms with Gasteiger partial charge in [0, 0.05) is 23.7 Å². The highest BCUT2D eigenvalue weighted by Crippen LogP contribution is 2.38. The van der Waals surface area contributed by atoms with Crippen LogP contribution in [0.3, 0.4) is 0 Å². The van der Waals surface area contributed by atoms with Crippen LogP contribution in [-0.2, 0) is 7.05 Å². The van der Waals surface area contributed by atoms with Gasteiger partial charge in [0.2, 0.25) is 0 Å². The fraction of sp³-hybridized carbons (Fsp3) is 0.176. The van der Waals surface area contributed by atoms with Gasteiger partial charge in [-0.15, -0.1) is 0 Å². The molecule has 0 aliphatic carbocycles. The largest absolute Gasteiger partial charge is 0.508 e. The van der Waals surface area contributed by atoms with Crippen LogP contribution >= 0.6 is 0 Å². The van der Waals surface area contributed by atoms with Crippen LogP contribution in [0.4, 0.5) is 0 Å². The smallest absolute Gasteiger partial charge is 0.115 e. The first kappa shape index (κ1) is 14.9. The monoisotopic (exact) mass is 311 g/mol. The Balaban J connectivity index is 2.33. The molecule has 118 valence electrons.